The van der Waals surface area contributed by atoms with Crippen LogP contribution in [0.4, 0.5) is 5.82 Å². The molecule has 1 saturated carbocycles. The summed E-state index contributed by atoms with van der Waals surface area (Å²) in [5, 5.41) is 0. The lowest BCUT2D eigenvalue weighted by Crippen LogP contribution is -2.50. The third-order valence-corrected chi connectivity index (χ3v) is 6.12. The molecule has 1 aromatic rings. The van der Waals surface area contributed by atoms with Crippen molar-refractivity contribution in [2.45, 2.75) is 13.3 Å². The molecule has 1 aromatic heterocycles. The van der Waals surface area contributed by atoms with Crippen molar-refractivity contribution in [3.05, 3.63) is 24.4 Å². The van der Waals surface area contributed by atoms with E-state index < -0.39 is 0 Å². The minimum atomic E-state index is -0.0943. The molecule has 0 bridgehead atoms. The number of piperazine rings is 2. The summed E-state index contributed by atoms with van der Waals surface area (Å²) in [7, 11) is 0. The first kappa shape index (κ1) is 18.2. The molecular weight excluding hydrogens is 342 g/mol. The molecule has 27 heavy (non-hydrogen) atoms. The molecular formula is C20H29N5O2. The molecule has 7 heteroatoms. The van der Waals surface area contributed by atoms with Crippen LogP contribution in [0.1, 0.15) is 13.3 Å². The maximum atomic E-state index is 12.8. The fraction of sp³-hybridized carbons (Fsp3) is 0.650. The normalized spacial score (nSPS) is 26.2. The second-order valence-electron chi connectivity index (χ2n) is 7.71. The quantitative estimate of drug-likeness (QED) is 0.773. The van der Waals surface area contributed by atoms with Gasteiger partial charge >= 0.3 is 0 Å². The molecule has 3 fully saturated rings. The van der Waals surface area contributed by atoms with Gasteiger partial charge in [-0.15, -0.1) is 0 Å². The smallest absolute Gasteiger partial charge is 0.226 e. The summed E-state index contributed by atoms with van der Waals surface area (Å²) in [6.07, 6.45) is 2.53. The van der Waals surface area contributed by atoms with Gasteiger partial charge in [0.25, 0.3) is 0 Å². The minimum absolute atomic E-state index is 0.0838. The molecule has 2 atom stereocenters. The summed E-state index contributed by atoms with van der Waals surface area (Å²) < 4.78 is 0. The van der Waals surface area contributed by atoms with Gasteiger partial charge in [-0.2, -0.15) is 0 Å². The molecule has 2 unspecified atom stereocenters. The molecule has 0 N–H and O–H groups in total. The highest BCUT2D eigenvalue weighted by atomic mass is 16.2. The molecule has 4 rings (SSSR count). The Morgan fingerprint density at radius 3 is 2.04 bits per heavy atom. The van der Waals surface area contributed by atoms with Crippen molar-refractivity contribution in [1.29, 1.82) is 0 Å². The third-order valence-electron chi connectivity index (χ3n) is 6.12. The van der Waals surface area contributed by atoms with E-state index in [9.17, 15) is 9.59 Å². The average molecular weight is 371 g/mol. The Bertz CT molecular complexity index is 666. The van der Waals surface area contributed by atoms with Crippen molar-refractivity contribution in [2.24, 2.45) is 11.8 Å². The van der Waals surface area contributed by atoms with Gasteiger partial charge in [-0.3, -0.25) is 9.59 Å². The van der Waals surface area contributed by atoms with Gasteiger partial charge in [-0.1, -0.05) is 13.0 Å². The van der Waals surface area contributed by atoms with Crippen molar-refractivity contribution in [3.63, 3.8) is 0 Å². The molecule has 0 aromatic carbocycles. The van der Waals surface area contributed by atoms with Gasteiger partial charge in [0.15, 0.2) is 0 Å². The van der Waals surface area contributed by atoms with Crippen LogP contribution in [-0.4, -0.2) is 90.4 Å². The van der Waals surface area contributed by atoms with Crippen LogP contribution in [0.2, 0.25) is 0 Å². The van der Waals surface area contributed by atoms with E-state index in [0.29, 0.717) is 13.1 Å². The van der Waals surface area contributed by atoms with Crippen molar-refractivity contribution in [3.8, 4) is 0 Å². The van der Waals surface area contributed by atoms with Crippen molar-refractivity contribution < 1.29 is 9.59 Å². The number of rotatable bonds is 4. The fourth-order valence-corrected chi connectivity index (χ4v) is 4.19. The number of aromatic nitrogens is 1. The monoisotopic (exact) mass is 371 g/mol. The SMILES string of the molecule is CCN1CCN(C(=O)C2CC2C(=O)N2CCN(c3ccccn3)CC2)CC1. The van der Waals surface area contributed by atoms with E-state index in [0.717, 1.165) is 58.1 Å². The number of carbonyl (C=O) groups excluding carboxylic acids is 2. The number of carbonyl (C=O) groups is 2. The average Bonchev–Trinajstić information content (AvgIpc) is 3.54. The number of likely N-dealkylation sites (N-methyl/N-ethyl adjacent to an activating group) is 1. The maximum absolute atomic E-state index is 12.8. The molecule has 2 aliphatic heterocycles. The zero-order chi connectivity index (χ0) is 18.8. The first-order valence-electron chi connectivity index (χ1n) is 10.1. The Hall–Kier alpha value is -2.15. The molecule has 7 nitrogen and oxygen atoms in total. The topological polar surface area (TPSA) is 60.0 Å². The summed E-state index contributed by atoms with van der Waals surface area (Å²) in [6.45, 7) is 9.70. The largest absolute Gasteiger partial charge is 0.353 e. The predicted molar refractivity (Wildman–Crippen MR) is 103 cm³/mol. The minimum Gasteiger partial charge on any atom is -0.353 e. The lowest BCUT2D eigenvalue weighted by Gasteiger charge is -2.36. The van der Waals surface area contributed by atoms with Gasteiger partial charge in [-0.05, 0) is 25.1 Å². The van der Waals surface area contributed by atoms with Crippen molar-refractivity contribution in [2.75, 3.05) is 63.8 Å². The molecule has 0 radical (unpaired) electrons. The summed E-state index contributed by atoms with van der Waals surface area (Å²) in [6, 6.07) is 5.90. The summed E-state index contributed by atoms with van der Waals surface area (Å²) in [5.74, 6) is 1.15. The Morgan fingerprint density at radius 2 is 1.52 bits per heavy atom. The highest BCUT2D eigenvalue weighted by Crippen LogP contribution is 2.41. The highest BCUT2D eigenvalue weighted by Gasteiger charge is 2.51. The molecule has 2 amide bonds. The first-order chi connectivity index (χ1) is 13.2. The number of nitrogens with zero attached hydrogens (tertiary/aromatic N) is 5. The van der Waals surface area contributed by atoms with Crippen LogP contribution < -0.4 is 4.90 Å². The van der Waals surface area contributed by atoms with E-state index in [4.69, 9.17) is 0 Å². The highest BCUT2D eigenvalue weighted by molar-refractivity contribution is 5.92. The van der Waals surface area contributed by atoms with Crippen LogP contribution in [0.3, 0.4) is 0 Å². The van der Waals surface area contributed by atoms with Gasteiger partial charge in [-0.25, -0.2) is 4.98 Å². The predicted octanol–water partition coefficient (Wildman–Crippen LogP) is 0.530. The van der Waals surface area contributed by atoms with Gasteiger partial charge in [0, 0.05) is 58.6 Å². The van der Waals surface area contributed by atoms with E-state index in [2.05, 4.69) is 21.7 Å². The summed E-state index contributed by atoms with van der Waals surface area (Å²) in [5.41, 5.74) is 0. The van der Waals surface area contributed by atoms with Gasteiger partial charge in [0.2, 0.25) is 11.8 Å². The first-order valence-corrected chi connectivity index (χ1v) is 10.1. The lowest BCUT2D eigenvalue weighted by molar-refractivity contribution is -0.139. The summed E-state index contributed by atoms with van der Waals surface area (Å²) in [4.78, 5) is 38.4. The fourth-order valence-electron chi connectivity index (χ4n) is 4.19. The Balaban J connectivity index is 1.25. The molecule has 3 aliphatic rings. The number of hydrogen-bond donors (Lipinski definition) is 0. The Labute approximate surface area is 160 Å². The van der Waals surface area contributed by atoms with Crippen LogP contribution in [0, 0.1) is 11.8 Å². The van der Waals surface area contributed by atoms with Gasteiger partial charge < -0.3 is 19.6 Å². The molecule has 3 heterocycles. The number of hydrogen-bond acceptors (Lipinski definition) is 5. The number of amides is 2. The molecule has 2 saturated heterocycles. The molecule has 0 spiro atoms. The van der Waals surface area contributed by atoms with Crippen molar-refractivity contribution >= 4 is 17.6 Å². The third kappa shape index (κ3) is 3.93. The van der Waals surface area contributed by atoms with E-state index in [1.54, 1.807) is 6.20 Å². The molecule has 1 aliphatic carbocycles. The van der Waals surface area contributed by atoms with E-state index in [-0.39, 0.29) is 23.7 Å². The Morgan fingerprint density at radius 1 is 0.926 bits per heavy atom. The maximum Gasteiger partial charge on any atom is 0.226 e. The van der Waals surface area contributed by atoms with E-state index in [1.165, 1.54) is 0 Å². The second-order valence-corrected chi connectivity index (χ2v) is 7.71. The lowest BCUT2D eigenvalue weighted by atomic mass is 10.2. The van der Waals surface area contributed by atoms with E-state index >= 15 is 0 Å². The van der Waals surface area contributed by atoms with Crippen molar-refractivity contribution in [1.82, 2.24) is 19.7 Å². The Kier molecular flexibility index (Phi) is 5.29. The summed E-state index contributed by atoms with van der Waals surface area (Å²) >= 11 is 0. The van der Waals surface area contributed by atoms with Crippen LogP contribution in [0.5, 0.6) is 0 Å². The van der Waals surface area contributed by atoms with Crippen LogP contribution >= 0.6 is 0 Å². The zero-order valence-corrected chi connectivity index (χ0v) is 16.1. The molecule has 146 valence electrons. The second kappa shape index (κ2) is 7.84. The van der Waals surface area contributed by atoms with E-state index in [1.807, 2.05) is 28.0 Å². The van der Waals surface area contributed by atoms with Crippen LogP contribution in [0.15, 0.2) is 24.4 Å². The zero-order valence-electron chi connectivity index (χ0n) is 16.1. The standard InChI is InChI=1S/C20H29N5O2/c1-2-22-7-9-24(10-8-22)19(26)16-15-17(16)20(27)25-13-11-23(12-14-25)18-5-3-4-6-21-18/h3-6,16-17H,2,7-15H2,1H3. The van der Waals surface area contributed by atoms with Gasteiger partial charge in [0.05, 0.1) is 11.8 Å². The van der Waals surface area contributed by atoms with Crippen LogP contribution in [0.25, 0.3) is 0 Å². The number of anilines is 1. The van der Waals surface area contributed by atoms with Gasteiger partial charge in [0.1, 0.15) is 5.82 Å². The van der Waals surface area contributed by atoms with Crippen LogP contribution in [-0.2, 0) is 9.59 Å². The number of pyridine rings is 1.